The van der Waals surface area contributed by atoms with Crippen LogP contribution < -0.4 is 10.6 Å². The van der Waals surface area contributed by atoms with Gasteiger partial charge in [0.05, 0.1) is 6.54 Å². The van der Waals surface area contributed by atoms with Gasteiger partial charge in [0.1, 0.15) is 0 Å². The van der Waals surface area contributed by atoms with E-state index >= 15 is 0 Å². The first-order valence-corrected chi connectivity index (χ1v) is 8.82. The third kappa shape index (κ3) is 6.61. The largest absolute Gasteiger partial charge is 0.352 e. The number of rotatable bonds is 7. The molecular formula is C18H25ClN2O2. The fourth-order valence-electron chi connectivity index (χ4n) is 2.93. The number of hydrogen-bond acceptors (Lipinski definition) is 2. The highest BCUT2D eigenvalue weighted by Crippen LogP contribution is 2.17. The highest BCUT2D eigenvalue weighted by atomic mass is 35.5. The first kappa shape index (κ1) is 17.8. The fourth-order valence-corrected chi connectivity index (χ4v) is 3.16. The average Bonchev–Trinajstić information content (AvgIpc) is 2.56. The standard InChI is InChI=1S/C18H25ClN2O2/c19-16-11-5-4-7-14(16)8-6-12-17(22)20-13-18(23)21-15-9-2-1-3-10-15/h4-5,7,11,15H,1-3,6,8-10,12-13H2,(H,20,22)(H,21,23). The predicted octanol–water partition coefficient (Wildman–Crippen LogP) is 3.23. The van der Waals surface area contributed by atoms with E-state index in [0.29, 0.717) is 6.42 Å². The van der Waals surface area contributed by atoms with E-state index in [2.05, 4.69) is 10.6 Å². The zero-order chi connectivity index (χ0) is 16.5. The summed E-state index contributed by atoms with van der Waals surface area (Å²) in [7, 11) is 0. The van der Waals surface area contributed by atoms with Gasteiger partial charge in [0, 0.05) is 17.5 Å². The Balaban J connectivity index is 1.59. The van der Waals surface area contributed by atoms with Gasteiger partial charge < -0.3 is 10.6 Å². The molecule has 1 aromatic rings. The normalized spacial score (nSPS) is 15.2. The van der Waals surface area contributed by atoms with Crippen molar-refractivity contribution in [2.75, 3.05) is 6.54 Å². The summed E-state index contributed by atoms with van der Waals surface area (Å²) in [4.78, 5) is 23.6. The van der Waals surface area contributed by atoms with Gasteiger partial charge in [-0.15, -0.1) is 0 Å². The second kappa shape index (κ2) is 9.56. The zero-order valence-electron chi connectivity index (χ0n) is 13.4. The van der Waals surface area contributed by atoms with E-state index in [0.717, 1.165) is 36.3 Å². The molecule has 0 bridgehead atoms. The van der Waals surface area contributed by atoms with Crippen molar-refractivity contribution in [2.45, 2.75) is 57.4 Å². The van der Waals surface area contributed by atoms with Gasteiger partial charge >= 0.3 is 0 Å². The third-order valence-corrected chi connectivity index (χ3v) is 4.59. The molecule has 2 N–H and O–H groups in total. The van der Waals surface area contributed by atoms with Crippen LogP contribution in [0.25, 0.3) is 0 Å². The molecule has 0 saturated heterocycles. The van der Waals surface area contributed by atoms with E-state index in [9.17, 15) is 9.59 Å². The Morgan fingerprint density at radius 2 is 1.83 bits per heavy atom. The lowest BCUT2D eigenvalue weighted by Gasteiger charge is -2.22. The van der Waals surface area contributed by atoms with Crippen LogP contribution in [0.3, 0.4) is 0 Å². The Bertz CT molecular complexity index is 528. The van der Waals surface area contributed by atoms with Gasteiger partial charge in [-0.25, -0.2) is 0 Å². The number of nitrogens with one attached hydrogen (secondary N) is 2. The summed E-state index contributed by atoms with van der Waals surface area (Å²) >= 11 is 6.08. The third-order valence-electron chi connectivity index (χ3n) is 4.22. The first-order valence-electron chi connectivity index (χ1n) is 8.44. The zero-order valence-corrected chi connectivity index (χ0v) is 14.2. The van der Waals surface area contributed by atoms with Crippen molar-refractivity contribution in [1.29, 1.82) is 0 Å². The highest BCUT2D eigenvalue weighted by molar-refractivity contribution is 6.31. The van der Waals surface area contributed by atoms with Crippen LogP contribution in [0.15, 0.2) is 24.3 Å². The highest BCUT2D eigenvalue weighted by Gasteiger charge is 2.15. The average molecular weight is 337 g/mol. The summed E-state index contributed by atoms with van der Waals surface area (Å²) in [6.07, 6.45) is 7.62. The molecule has 0 radical (unpaired) electrons. The molecule has 1 aromatic carbocycles. The van der Waals surface area contributed by atoms with Crippen molar-refractivity contribution >= 4 is 23.4 Å². The molecule has 1 aliphatic carbocycles. The number of carbonyl (C=O) groups excluding carboxylic acids is 2. The number of carbonyl (C=O) groups is 2. The summed E-state index contributed by atoms with van der Waals surface area (Å²) in [5.74, 6) is -0.174. The first-order chi connectivity index (χ1) is 11.1. The molecule has 126 valence electrons. The maximum Gasteiger partial charge on any atom is 0.239 e. The van der Waals surface area contributed by atoms with Crippen molar-refractivity contribution in [1.82, 2.24) is 10.6 Å². The van der Waals surface area contributed by atoms with Crippen LogP contribution >= 0.6 is 11.6 Å². The predicted molar refractivity (Wildman–Crippen MR) is 92.4 cm³/mol. The van der Waals surface area contributed by atoms with Crippen molar-refractivity contribution in [3.05, 3.63) is 34.9 Å². The molecular weight excluding hydrogens is 312 g/mol. The number of hydrogen-bond donors (Lipinski definition) is 2. The van der Waals surface area contributed by atoms with E-state index in [4.69, 9.17) is 11.6 Å². The lowest BCUT2D eigenvalue weighted by atomic mass is 9.95. The van der Waals surface area contributed by atoms with Gasteiger partial charge in [0.15, 0.2) is 0 Å². The number of aryl methyl sites for hydroxylation is 1. The van der Waals surface area contributed by atoms with Crippen LogP contribution in [0.4, 0.5) is 0 Å². The molecule has 2 rings (SSSR count). The molecule has 0 aromatic heterocycles. The van der Waals surface area contributed by atoms with Crippen molar-refractivity contribution in [3.63, 3.8) is 0 Å². The molecule has 1 saturated carbocycles. The minimum absolute atomic E-state index is 0.0709. The van der Waals surface area contributed by atoms with E-state index in [1.54, 1.807) is 0 Å². The molecule has 1 fully saturated rings. The monoisotopic (exact) mass is 336 g/mol. The molecule has 0 unspecified atom stereocenters. The number of benzene rings is 1. The molecule has 4 nitrogen and oxygen atoms in total. The second-order valence-corrected chi connectivity index (χ2v) is 6.53. The molecule has 0 spiro atoms. The maximum atomic E-state index is 11.8. The van der Waals surface area contributed by atoms with Crippen LogP contribution in [0.1, 0.15) is 50.5 Å². The van der Waals surface area contributed by atoms with Crippen LogP contribution in [0.2, 0.25) is 5.02 Å². The molecule has 1 aliphatic rings. The lowest BCUT2D eigenvalue weighted by molar-refractivity contribution is -0.126. The maximum absolute atomic E-state index is 11.8. The topological polar surface area (TPSA) is 58.2 Å². The van der Waals surface area contributed by atoms with Gasteiger partial charge in [-0.3, -0.25) is 9.59 Å². The Morgan fingerprint density at radius 1 is 1.09 bits per heavy atom. The molecule has 23 heavy (non-hydrogen) atoms. The van der Waals surface area contributed by atoms with Crippen LogP contribution in [0.5, 0.6) is 0 Å². The van der Waals surface area contributed by atoms with E-state index in [1.165, 1.54) is 19.3 Å². The molecule has 0 atom stereocenters. The van der Waals surface area contributed by atoms with Gasteiger partial charge in [0.25, 0.3) is 0 Å². The fraction of sp³-hybridized carbons (Fsp3) is 0.556. The minimum Gasteiger partial charge on any atom is -0.352 e. The summed E-state index contributed by atoms with van der Waals surface area (Å²) < 4.78 is 0. The Morgan fingerprint density at radius 3 is 2.57 bits per heavy atom. The Labute approximate surface area is 143 Å². The van der Waals surface area contributed by atoms with Crippen molar-refractivity contribution in [2.24, 2.45) is 0 Å². The number of halogens is 1. The van der Waals surface area contributed by atoms with Crippen molar-refractivity contribution < 1.29 is 9.59 Å². The Hall–Kier alpha value is -1.55. The molecule has 2 amide bonds. The van der Waals surface area contributed by atoms with Gasteiger partial charge in [-0.05, 0) is 37.3 Å². The molecule has 0 heterocycles. The summed E-state index contributed by atoms with van der Waals surface area (Å²) in [6, 6.07) is 7.94. The second-order valence-electron chi connectivity index (χ2n) is 6.12. The summed E-state index contributed by atoms with van der Waals surface area (Å²) in [6.45, 7) is 0.0709. The lowest BCUT2D eigenvalue weighted by Crippen LogP contribution is -2.42. The van der Waals surface area contributed by atoms with Crippen molar-refractivity contribution in [3.8, 4) is 0 Å². The van der Waals surface area contributed by atoms with Crippen LogP contribution in [0, 0.1) is 0 Å². The number of amides is 2. The quantitative estimate of drug-likeness (QED) is 0.803. The van der Waals surface area contributed by atoms with Crippen LogP contribution in [-0.4, -0.2) is 24.4 Å². The van der Waals surface area contributed by atoms with E-state index < -0.39 is 0 Å². The van der Waals surface area contributed by atoms with Gasteiger partial charge in [-0.1, -0.05) is 49.1 Å². The smallest absolute Gasteiger partial charge is 0.239 e. The van der Waals surface area contributed by atoms with Gasteiger partial charge in [0.2, 0.25) is 11.8 Å². The summed E-state index contributed by atoms with van der Waals surface area (Å²) in [5, 5.41) is 6.42. The molecule has 5 heteroatoms. The Kier molecular flexibility index (Phi) is 7.40. The SMILES string of the molecule is O=C(CCCc1ccccc1Cl)NCC(=O)NC1CCCCC1. The molecule has 0 aliphatic heterocycles. The van der Waals surface area contributed by atoms with Crippen LogP contribution in [-0.2, 0) is 16.0 Å². The minimum atomic E-state index is -0.0872. The van der Waals surface area contributed by atoms with Gasteiger partial charge in [-0.2, -0.15) is 0 Å². The van der Waals surface area contributed by atoms with E-state index in [-0.39, 0.29) is 24.4 Å². The summed E-state index contributed by atoms with van der Waals surface area (Å²) in [5.41, 5.74) is 1.05. The van der Waals surface area contributed by atoms with E-state index in [1.807, 2.05) is 24.3 Å².